The van der Waals surface area contributed by atoms with Crippen LogP contribution in [0.15, 0.2) is 11.3 Å². The van der Waals surface area contributed by atoms with Gasteiger partial charge in [-0.2, -0.15) is 0 Å². The Morgan fingerprint density at radius 1 is 1.25 bits per heavy atom. The third-order valence-corrected chi connectivity index (χ3v) is 1.96. The van der Waals surface area contributed by atoms with E-state index in [1.165, 1.54) is 5.57 Å². The van der Waals surface area contributed by atoms with Gasteiger partial charge in [-0.3, -0.25) is 0 Å². The quantitative estimate of drug-likeness (QED) is 0.701. The van der Waals surface area contributed by atoms with Crippen LogP contribution in [0, 0.1) is 5.92 Å². The summed E-state index contributed by atoms with van der Waals surface area (Å²) in [7, 11) is 0. The molecule has 2 heteroatoms. The van der Waals surface area contributed by atoms with E-state index in [4.69, 9.17) is 5.73 Å². The van der Waals surface area contributed by atoms with Crippen molar-refractivity contribution in [3.8, 4) is 0 Å². The van der Waals surface area contributed by atoms with E-state index in [2.05, 4.69) is 6.92 Å². The number of Topliss-reactive ketones (excluding diaryl/α,β-unsaturated/α-hetero) is 1. The van der Waals surface area contributed by atoms with Crippen molar-refractivity contribution >= 4 is 5.78 Å². The van der Waals surface area contributed by atoms with Gasteiger partial charge in [-0.1, -0.05) is 12.5 Å². The molecule has 0 heterocycles. The van der Waals surface area contributed by atoms with E-state index >= 15 is 0 Å². The second kappa shape index (κ2) is 4.96. The largest absolute Gasteiger partial charge is 0.402 e. The monoisotopic (exact) mass is 169 g/mol. The average molecular weight is 169 g/mol. The molecule has 0 aliphatic carbocycles. The van der Waals surface area contributed by atoms with Crippen molar-refractivity contribution in [2.75, 3.05) is 0 Å². The number of rotatable bonds is 4. The van der Waals surface area contributed by atoms with E-state index in [1.54, 1.807) is 6.92 Å². The molecule has 0 amide bonds. The van der Waals surface area contributed by atoms with Gasteiger partial charge >= 0.3 is 0 Å². The zero-order chi connectivity index (χ0) is 9.72. The summed E-state index contributed by atoms with van der Waals surface area (Å²) in [5.74, 6) is 0.672. The zero-order valence-electron chi connectivity index (χ0n) is 8.48. The van der Waals surface area contributed by atoms with Crippen molar-refractivity contribution in [2.45, 2.75) is 40.5 Å². The predicted octanol–water partition coefficient (Wildman–Crippen LogP) is 2.24. The Bertz CT molecular complexity index is 190. The minimum Gasteiger partial charge on any atom is -0.402 e. The van der Waals surface area contributed by atoms with Crippen LogP contribution < -0.4 is 5.73 Å². The fraction of sp³-hybridized carbons (Fsp3) is 0.700. The van der Waals surface area contributed by atoms with E-state index in [9.17, 15) is 4.79 Å². The lowest BCUT2D eigenvalue weighted by molar-refractivity contribution is -0.117. The van der Waals surface area contributed by atoms with Gasteiger partial charge in [0.1, 0.15) is 5.78 Å². The molecule has 1 atom stereocenters. The maximum absolute atomic E-state index is 10.8. The molecule has 0 aliphatic heterocycles. The molecule has 1 unspecified atom stereocenters. The van der Waals surface area contributed by atoms with Crippen LogP contribution in [0.4, 0.5) is 0 Å². The molecule has 0 aromatic carbocycles. The summed E-state index contributed by atoms with van der Waals surface area (Å²) in [6.45, 7) is 7.63. The van der Waals surface area contributed by atoms with E-state index in [0.717, 1.165) is 12.1 Å². The summed E-state index contributed by atoms with van der Waals surface area (Å²) >= 11 is 0. The van der Waals surface area contributed by atoms with Crippen LogP contribution >= 0.6 is 0 Å². The van der Waals surface area contributed by atoms with E-state index < -0.39 is 0 Å². The summed E-state index contributed by atoms with van der Waals surface area (Å²) in [6.07, 6.45) is 1.59. The topological polar surface area (TPSA) is 43.1 Å². The molecule has 0 spiro atoms. The summed E-state index contributed by atoms with van der Waals surface area (Å²) in [5.41, 5.74) is 7.69. The Morgan fingerprint density at radius 3 is 2.08 bits per heavy atom. The van der Waals surface area contributed by atoms with Gasteiger partial charge in [-0.25, -0.2) is 0 Å². The number of hydrogen-bond donors (Lipinski definition) is 1. The Hall–Kier alpha value is -0.790. The molecular formula is C10H19NO. The van der Waals surface area contributed by atoms with Crippen LogP contribution in [0.25, 0.3) is 0 Å². The first-order valence-corrected chi connectivity index (χ1v) is 4.34. The van der Waals surface area contributed by atoms with E-state index in [-0.39, 0.29) is 5.78 Å². The van der Waals surface area contributed by atoms with Crippen LogP contribution in [0.5, 0.6) is 0 Å². The molecule has 0 aromatic rings. The van der Waals surface area contributed by atoms with Gasteiger partial charge in [0.15, 0.2) is 0 Å². The summed E-state index contributed by atoms with van der Waals surface area (Å²) in [5, 5.41) is 0. The number of carbonyl (C=O) groups is 1. The number of hydrogen-bond acceptors (Lipinski definition) is 2. The molecule has 0 radical (unpaired) electrons. The zero-order valence-corrected chi connectivity index (χ0v) is 8.48. The normalized spacial score (nSPS) is 15.3. The van der Waals surface area contributed by atoms with E-state index in [0.29, 0.717) is 12.3 Å². The third-order valence-electron chi connectivity index (χ3n) is 1.96. The van der Waals surface area contributed by atoms with Crippen LogP contribution in [-0.2, 0) is 4.79 Å². The van der Waals surface area contributed by atoms with Crippen LogP contribution in [-0.4, -0.2) is 5.78 Å². The van der Waals surface area contributed by atoms with Gasteiger partial charge in [-0.15, -0.1) is 0 Å². The second-order valence-electron chi connectivity index (χ2n) is 3.68. The van der Waals surface area contributed by atoms with Gasteiger partial charge in [0.2, 0.25) is 0 Å². The molecule has 0 saturated heterocycles. The molecule has 70 valence electrons. The lowest BCUT2D eigenvalue weighted by atomic mass is 9.96. The Labute approximate surface area is 74.8 Å². The molecule has 0 aromatic heterocycles. The number of carbonyl (C=O) groups excluding carboxylic acids is 1. The van der Waals surface area contributed by atoms with Crippen molar-refractivity contribution in [1.29, 1.82) is 0 Å². The molecule has 0 bridgehead atoms. The lowest BCUT2D eigenvalue weighted by Gasteiger charge is -2.10. The highest BCUT2D eigenvalue weighted by atomic mass is 16.1. The van der Waals surface area contributed by atoms with Crippen LogP contribution in [0.3, 0.4) is 0 Å². The van der Waals surface area contributed by atoms with Gasteiger partial charge < -0.3 is 10.5 Å². The van der Waals surface area contributed by atoms with Crippen molar-refractivity contribution in [2.24, 2.45) is 11.7 Å². The number of ketones is 1. The van der Waals surface area contributed by atoms with Crippen LogP contribution in [0.1, 0.15) is 40.5 Å². The van der Waals surface area contributed by atoms with E-state index in [1.807, 2.05) is 13.8 Å². The maximum atomic E-state index is 10.8. The standard InChI is InChI=1S/C10H19NO/c1-7(6-9(3)12)5-8(2)10(4)11/h7H,5-6,11H2,1-4H3/b10-8-. The molecule has 0 aliphatic rings. The van der Waals surface area contributed by atoms with Crippen molar-refractivity contribution in [3.63, 3.8) is 0 Å². The van der Waals surface area contributed by atoms with Crippen LogP contribution in [0.2, 0.25) is 0 Å². The third kappa shape index (κ3) is 4.94. The lowest BCUT2D eigenvalue weighted by Crippen LogP contribution is -2.05. The smallest absolute Gasteiger partial charge is 0.130 e. The maximum Gasteiger partial charge on any atom is 0.130 e. The fourth-order valence-corrected chi connectivity index (χ4v) is 1.25. The number of nitrogens with two attached hydrogens (primary N) is 1. The minimum absolute atomic E-state index is 0.255. The summed E-state index contributed by atoms with van der Waals surface area (Å²) < 4.78 is 0. The van der Waals surface area contributed by atoms with Gasteiger partial charge in [0.05, 0.1) is 0 Å². The van der Waals surface area contributed by atoms with Crippen molar-refractivity contribution in [1.82, 2.24) is 0 Å². The molecule has 12 heavy (non-hydrogen) atoms. The summed E-state index contributed by atoms with van der Waals surface area (Å²) in [6, 6.07) is 0. The van der Waals surface area contributed by atoms with Gasteiger partial charge in [0.25, 0.3) is 0 Å². The first-order chi connectivity index (χ1) is 5.43. The molecule has 0 fully saturated rings. The predicted molar refractivity (Wildman–Crippen MR) is 51.6 cm³/mol. The fourth-order valence-electron chi connectivity index (χ4n) is 1.25. The first-order valence-electron chi connectivity index (χ1n) is 4.34. The Morgan fingerprint density at radius 2 is 1.75 bits per heavy atom. The highest BCUT2D eigenvalue weighted by Gasteiger charge is 2.06. The number of allylic oxidation sites excluding steroid dienone is 2. The van der Waals surface area contributed by atoms with Crippen molar-refractivity contribution < 1.29 is 4.79 Å². The Kier molecular flexibility index (Phi) is 4.64. The molecule has 2 nitrogen and oxygen atoms in total. The Balaban J connectivity index is 3.93. The first kappa shape index (κ1) is 11.2. The minimum atomic E-state index is 0.255. The highest BCUT2D eigenvalue weighted by molar-refractivity contribution is 5.75. The molecular weight excluding hydrogens is 150 g/mol. The molecule has 0 rings (SSSR count). The molecule has 2 N–H and O–H groups in total. The molecule has 0 saturated carbocycles. The van der Waals surface area contributed by atoms with Gasteiger partial charge in [0, 0.05) is 12.1 Å². The second-order valence-corrected chi connectivity index (χ2v) is 3.68. The SMILES string of the molecule is CC(=O)CC(C)C/C(C)=C(/C)N. The average Bonchev–Trinajstić information content (AvgIpc) is 1.84. The van der Waals surface area contributed by atoms with Gasteiger partial charge in [-0.05, 0) is 33.1 Å². The highest BCUT2D eigenvalue weighted by Crippen LogP contribution is 2.15. The van der Waals surface area contributed by atoms with Crippen molar-refractivity contribution in [3.05, 3.63) is 11.3 Å². The summed E-state index contributed by atoms with van der Waals surface area (Å²) in [4.78, 5) is 10.8.